The molecular formula is C20H27N3O3S2. The summed E-state index contributed by atoms with van der Waals surface area (Å²) in [6.07, 6.45) is 1.83. The van der Waals surface area contributed by atoms with Gasteiger partial charge in [-0.3, -0.25) is 4.79 Å². The van der Waals surface area contributed by atoms with Crippen LogP contribution in [-0.4, -0.2) is 43.2 Å². The third-order valence-corrected chi connectivity index (χ3v) is 7.20. The summed E-state index contributed by atoms with van der Waals surface area (Å²) in [5, 5.41) is 5.21. The Bertz CT molecular complexity index is 888. The highest BCUT2D eigenvalue weighted by Crippen LogP contribution is 2.24. The molecule has 28 heavy (non-hydrogen) atoms. The number of carbonyl (C=O) groups excluding carboxylic acids is 1. The van der Waals surface area contributed by atoms with Crippen molar-refractivity contribution >= 4 is 27.5 Å². The van der Waals surface area contributed by atoms with E-state index in [1.807, 2.05) is 23.1 Å². The van der Waals surface area contributed by atoms with Gasteiger partial charge in [-0.15, -0.1) is 11.3 Å². The molecule has 0 atom stereocenters. The molecular weight excluding hydrogens is 394 g/mol. The van der Waals surface area contributed by atoms with Gasteiger partial charge in [0.1, 0.15) is 0 Å². The quantitative estimate of drug-likeness (QED) is 0.746. The number of benzene rings is 1. The SMILES string of the molecule is Cc1ccc(CN(CCc2ccccc2)C(=O)C2CCN(S(N)(=O)=O)CC2)s1. The molecule has 2 aromatic rings. The molecule has 0 unspecified atom stereocenters. The van der Waals surface area contributed by atoms with Crippen LogP contribution in [0.25, 0.3) is 0 Å². The van der Waals surface area contributed by atoms with Gasteiger partial charge >= 0.3 is 0 Å². The number of hydrogen-bond donors (Lipinski definition) is 1. The molecule has 0 saturated carbocycles. The van der Waals surface area contributed by atoms with E-state index in [4.69, 9.17) is 5.14 Å². The molecule has 6 nitrogen and oxygen atoms in total. The zero-order valence-corrected chi connectivity index (χ0v) is 17.7. The zero-order valence-electron chi connectivity index (χ0n) is 16.1. The average molecular weight is 422 g/mol. The number of rotatable bonds is 7. The van der Waals surface area contributed by atoms with Crippen molar-refractivity contribution < 1.29 is 13.2 Å². The van der Waals surface area contributed by atoms with E-state index in [9.17, 15) is 13.2 Å². The van der Waals surface area contributed by atoms with E-state index in [0.717, 1.165) is 6.42 Å². The Hall–Kier alpha value is -1.74. The molecule has 0 spiro atoms. The Balaban J connectivity index is 1.67. The average Bonchev–Trinajstić information content (AvgIpc) is 3.09. The normalized spacial score (nSPS) is 16.2. The fourth-order valence-corrected chi connectivity index (χ4v) is 5.18. The van der Waals surface area contributed by atoms with Gasteiger partial charge in [-0.25, -0.2) is 5.14 Å². The van der Waals surface area contributed by atoms with Crippen molar-refractivity contribution in [2.24, 2.45) is 11.1 Å². The van der Waals surface area contributed by atoms with Crippen molar-refractivity contribution in [3.8, 4) is 0 Å². The minimum absolute atomic E-state index is 0.107. The van der Waals surface area contributed by atoms with E-state index in [-0.39, 0.29) is 11.8 Å². The van der Waals surface area contributed by atoms with Crippen molar-refractivity contribution in [2.75, 3.05) is 19.6 Å². The van der Waals surface area contributed by atoms with Crippen molar-refractivity contribution in [2.45, 2.75) is 32.7 Å². The Kier molecular flexibility index (Phi) is 6.87. The maximum atomic E-state index is 13.2. The predicted molar refractivity (Wildman–Crippen MR) is 112 cm³/mol. The van der Waals surface area contributed by atoms with Gasteiger partial charge in [0.05, 0.1) is 6.54 Å². The van der Waals surface area contributed by atoms with Crippen LogP contribution < -0.4 is 5.14 Å². The predicted octanol–water partition coefficient (Wildman–Crippen LogP) is 2.54. The summed E-state index contributed by atoms with van der Waals surface area (Å²) in [6.45, 7) is 3.92. The fraction of sp³-hybridized carbons (Fsp3) is 0.450. The van der Waals surface area contributed by atoms with Gasteiger partial charge in [-0.05, 0) is 43.9 Å². The highest BCUT2D eigenvalue weighted by Gasteiger charge is 2.31. The Morgan fingerprint density at radius 3 is 2.43 bits per heavy atom. The lowest BCUT2D eigenvalue weighted by Gasteiger charge is -2.33. The van der Waals surface area contributed by atoms with E-state index in [0.29, 0.717) is 39.0 Å². The standard InChI is InChI=1S/C20H27N3O3S2/c1-16-7-8-19(27-16)15-22(12-9-17-5-3-2-4-6-17)20(24)18-10-13-23(14-11-18)28(21,25)26/h2-8,18H,9-15H2,1H3,(H2,21,25,26). The lowest BCUT2D eigenvalue weighted by Crippen LogP contribution is -2.46. The van der Waals surface area contributed by atoms with E-state index in [1.165, 1.54) is 19.6 Å². The molecule has 1 amide bonds. The van der Waals surface area contributed by atoms with Crippen molar-refractivity contribution in [3.63, 3.8) is 0 Å². The lowest BCUT2D eigenvalue weighted by molar-refractivity contribution is -0.137. The van der Waals surface area contributed by atoms with Crippen LogP contribution >= 0.6 is 11.3 Å². The summed E-state index contributed by atoms with van der Waals surface area (Å²) in [5.74, 6) is -0.0501. The summed E-state index contributed by atoms with van der Waals surface area (Å²) in [7, 11) is -3.68. The minimum atomic E-state index is -3.68. The fourth-order valence-electron chi connectivity index (χ4n) is 3.55. The molecule has 8 heteroatoms. The summed E-state index contributed by atoms with van der Waals surface area (Å²) < 4.78 is 24.3. The Morgan fingerprint density at radius 2 is 1.86 bits per heavy atom. The molecule has 0 aliphatic carbocycles. The van der Waals surface area contributed by atoms with Crippen LogP contribution in [0.5, 0.6) is 0 Å². The molecule has 1 aliphatic heterocycles. The number of piperidine rings is 1. The number of aryl methyl sites for hydroxylation is 1. The second-order valence-electron chi connectivity index (χ2n) is 7.23. The Labute approximate surface area is 171 Å². The van der Waals surface area contributed by atoms with Gasteiger partial charge in [0, 0.05) is 35.3 Å². The second-order valence-corrected chi connectivity index (χ2v) is 10.1. The lowest BCUT2D eigenvalue weighted by atomic mass is 9.96. The van der Waals surface area contributed by atoms with E-state index in [2.05, 4.69) is 31.2 Å². The van der Waals surface area contributed by atoms with Crippen LogP contribution in [0, 0.1) is 12.8 Å². The van der Waals surface area contributed by atoms with E-state index in [1.54, 1.807) is 11.3 Å². The third kappa shape index (κ3) is 5.64. The molecule has 1 saturated heterocycles. The van der Waals surface area contributed by atoms with Gasteiger partial charge in [-0.2, -0.15) is 12.7 Å². The summed E-state index contributed by atoms with van der Waals surface area (Å²) >= 11 is 1.71. The molecule has 3 rings (SSSR count). The van der Waals surface area contributed by atoms with Crippen LogP contribution in [0.1, 0.15) is 28.2 Å². The number of nitrogens with zero attached hydrogens (tertiary/aromatic N) is 2. The van der Waals surface area contributed by atoms with Crippen LogP contribution in [0.2, 0.25) is 0 Å². The maximum absolute atomic E-state index is 13.2. The topological polar surface area (TPSA) is 83.7 Å². The molecule has 0 bridgehead atoms. The minimum Gasteiger partial charge on any atom is -0.337 e. The maximum Gasteiger partial charge on any atom is 0.276 e. The molecule has 1 aliphatic rings. The van der Waals surface area contributed by atoms with Crippen LogP contribution in [0.4, 0.5) is 0 Å². The highest BCUT2D eigenvalue weighted by atomic mass is 32.2. The number of thiophene rings is 1. The number of amides is 1. The molecule has 1 fully saturated rings. The van der Waals surface area contributed by atoms with Gasteiger partial charge in [-0.1, -0.05) is 30.3 Å². The Morgan fingerprint density at radius 1 is 1.18 bits per heavy atom. The number of carbonyl (C=O) groups is 1. The van der Waals surface area contributed by atoms with E-state index < -0.39 is 10.2 Å². The highest BCUT2D eigenvalue weighted by molar-refractivity contribution is 7.86. The molecule has 1 aromatic carbocycles. The third-order valence-electron chi connectivity index (χ3n) is 5.13. The molecule has 152 valence electrons. The van der Waals surface area contributed by atoms with Gasteiger partial charge in [0.2, 0.25) is 5.91 Å². The van der Waals surface area contributed by atoms with E-state index >= 15 is 0 Å². The first-order valence-electron chi connectivity index (χ1n) is 9.49. The first-order valence-corrected chi connectivity index (χ1v) is 11.8. The van der Waals surface area contributed by atoms with Crippen molar-refractivity contribution in [3.05, 3.63) is 57.8 Å². The van der Waals surface area contributed by atoms with Gasteiger partial charge in [0.25, 0.3) is 10.2 Å². The van der Waals surface area contributed by atoms with Crippen LogP contribution in [0.3, 0.4) is 0 Å². The van der Waals surface area contributed by atoms with Crippen molar-refractivity contribution in [1.29, 1.82) is 0 Å². The van der Waals surface area contributed by atoms with Crippen LogP contribution in [-0.2, 0) is 28.0 Å². The first-order chi connectivity index (χ1) is 13.3. The van der Waals surface area contributed by atoms with Crippen molar-refractivity contribution in [1.82, 2.24) is 9.21 Å². The largest absolute Gasteiger partial charge is 0.337 e. The molecule has 2 N–H and O–H groups in total. The first kappa shape index (κ1) is 21.0. The number of nitrogens with two attached hydrogens (primary N) is 1. The monoisotopic (exact) mass is 421 g/mol. The van der Waals surface area contributed by atoms with Gasteiger partial charge < -0.3 is 4.90 Å². The molecule has 2 heterocycles. The van der Waals surface area contributed by atoms with Gasteiger partial charge in [0.15, 0.2) is 0 Å². The number of hydrogen-bond acceptors (Lipinski definition) is 4. The summed E-state index contributed by atoms with van der Waals surface area (Å²) in [5.41, 5.74) is 1.20. The smallest absolute Gasteiger partial charge is 0.276 e. The summed E-state index contributed by atoms with van der Waals surface area (Å²) in [4.78, 5) is 17.5. The zero-order chi connectivity index (χ0) is 20.1. The van der Waals surface area contributed by atoms with Crippen LogP contribution in [0.15, 0.2) is 42.5 Å². The molecule has 1 aromatic heterocycles. The molecule has 0 radical (unpaired) electrons. The second kappa shape index (κ2) is 9.17. The summed E-state index contributed by atoms with van der Waals surface area (Å²) in [6, 6.07) is 14.3.